The van der Waals surface area contributed by atoms with Crippen LogP contribution >= 0.6 is 0 Å². The Balaban J connectivity index is 1.76. The normalized spacial score (nSPS) is 11.7. The van der Waals surface area contributed by atoms with Crippen LogP contribution in [0, 0.1) is 0 Å². The summed E-state index contributed by atoms with van der Waals surface area (Å²) in [5, 5.41) is 15.7. The van der Waals surface area contributed by atoms with Crippen molar-refractivity contribution in [1.82, 2.24) is 5.32 Å². The molecule has 116 valence electrons. The molecule has 0 saturated carbocycles. The number of carbonyl (C=O) groups is 1. The van der Waals surface area contributed by atoms with Gasteiger partial charge >= 0.3 is 0 Å². The van der Waals surface area contributed by atoms with Crippen LogP contribution in [-0.2, 0) is 4.79 Å². The molecule has 0 aromatic heterocycles. The lowest BCUT2D eigenvalue weighted by atomic mass is 10.1. The number of hydrogen-bond donors (Lipinski definition) is 3. The van der Waals surface area contributed by atoms with Gasteiger partial charge < -0.3 is 20.5 Å². The molecular formula is C17H20N2O3. The number of anilines is 1. The monoisotopic (exact) mass is 300 g/mol. The summed E-state index contributed by atoms with van der Waals surface area (Å²) in [6.45, 7) is 0.441. The zero-order chi connectivity index (χ0) is 15.8. The third-order valence-corrected chi connectivity index (χ3v) is 3.16. The average Bonchev–Trinajstić information content (AvgIpc) is 2.55. The molecule has 5 nitrogen and oxygen atoms in total. The van der Waals surface area contributed by atoms with E-state index < -0.39 is 6.10 Å². The van der Waals surface area contributed by atoms with Crippen molar-refractivity contribution in [3.63, 3.8) is 0 Å². The molecule has 3 N–H and O–H groups in total. The summed E-state index contributed by atoms with van der Waals surface area (Å²) in [7, 11) is 1.58. The fourth-order valence-corrected chi connectivity index (χ4v) is 2.02. The van der Waals surface area contributed by atoms with Crippen molar-refractivity contribution in [1.29, 1.82) is 0 Å². The fraction of sp³-hybridized carbons (Fsp3) is 0.235. The molecule has 0 saturated heterocycles. The maximum absolute atomic E-state index is 11.8. The van der Waals surface area contributed by atoms with E-state index in [2.05, 4.69) is 10.6 Å². The van der Waals surface area contributed by atoms with Crippen LogP contribution in [0.1, 0.15) is 11.7 Å². The third kappa shape index (κ3) is 4.87. The van der Waals surface area contributed by atoms with Gasteiger partial charge in [0.05, 0.1) is 19.8 Å². The van der Waals surface area contributed by atoms with Gasteiger partial charge in [-0.15, -0.1) is 0 Å². The number of methoxy groups -OCH3 is 1. The van der Waals surface area contributed by atoms with E-state index in [0.29, 0.717) is 18.0 Å². The summed E-state index contributed by atoms with van der Waals surface area (Å²) < 4.78 is 5.10. The molecule has 1 amide bonds. The van der Waals surface area contributed by atoms with Crippen molar-refractivity contribution in [2.45, 2.75) is 6.10 Å². The number of benzene rings is 2. The average molecular weight is 300 g/mol. The second kappa shape index (κ2) is 8.17. The lowest BCUT2D eigenvalue weighted by Crippen LogP contribution is -2.31. The Kier molecular flexibility index (Phi) is 5.94. The van der Waals surface area contributed by atoms with E-state index in [1.54, 1.807) is 25.3 Å². The third-order valence-electron chi connectivity index (χ3n) is 3.16. The predicted octanol–water partition coefficient (Wildman–Crippen LogP) is 1.96. The quantitative estimate of drug-likeness (QED) is 0.731. The molecule has 0 fully saturated rings. The molecule has 22 heavy (non-hydrogen) atoms. The van der Waals surface area contributed by atoms with Gasteiger partial charge in [-0.3, -0.25) is 4.79 Å². The number of ether oxygens (including phenoxy) is 1. The Morgan fingerprint density at radius 2 is 1.95 bits per heavy atom. The smallest absolute Gasteiger partial charge is 0.238 e. The van der Waals surface area contributed by atoms with Gasteiger partial charge in [0, 0.05) is 18.3 Å². The summed E-state index contributed by atoms with van der Waals surface area (Å²) in [5.41, 5.74) is 1.50. The summed E-state index contributed by atoms with van der Waals surface area (Å²) in [6.07, 6.45) is -0.634. The molecule has 0 bridgehead atoms. The van der Waals surface area contributed by atoms with Crippen molar-refractivity contribution >= 4 is 11.6 Å². The number of aliphatic hydroxyl groups is 1. The number of rotatable bonds is 7. The van der Waals surface area contributed by atoms with Gasteiger partial charge in [0.25, 0.3) is 0 Å². The van der Waals surface area contributed by atoms with Crippen LogP contribution in [0.2, 0.25) is 0 Å². The van der Waals surface area contributed by atoms with Gasteiger partial charge in [0.2, 0.25) is 5.91 Å². The van der Waals surface area contributed by atoms with Gasteiger partial charge in [0.15, 0.2) is 0 Å². The van der Waals surface area contributed by atoms with Crippen molar-refractivity contribution in [2.24, 2.45) is 0 Å². The summed E-state index contributed by atoms with van der Waals surface area (Å²) in [6, 6.07) is 16.5. The van der Waals surface area contributed by atoms with Gasteiger partial charge in [-0.25, -0.2) is 0 Å². The number of amides is 1. The number of nitrogens with one attached hydrogen (secondary N) is 2. The molecule has 0 heterocycles. The molecule has 0 unspecified atom stereocenters. The minimum absolute atomic E-state index is 0.126. The number of hydrogen-bond acceptors (Lipinski definition) is 4. The highest BCUT2D eigenvalue weighted by atomic mass is 16.5. The molecule has 0 aliphatic heterocycles. The summed E-state index contributed by atoms with van der Waals surface area (Å²) >= 11 is 0. The zero-order valence-corrected chi connectivity index (χ0v) is 12.5. The first-order chi connectivity index (χ1) is 10.7. The van der Waals surface area contributed by atoms with Gasteiger partial charge in [0.1, 0.15) is 5.75 Å². The van der Waals surface area contributed by atoms with Crippen molar-refractivity contribution in [3.8, 4) is 5.75 Å². The molecule has 2 aromatic rings. The molecule has 2 rings (SSSR count). The fourth-order valence-electron chi connectivity index (χ4n) is 2.02. The van der Waals surface area contributed by atoms with Crippen LogP contribution in [0.5, 0.6) is 5.75 Å². The predicted molar refractivity (Wildman–Crippen MR) is 85.9 cm³/mol. The standard InChI is InChI=1S/C17H20N2O3/c1-22-15-9-5-8-14(10-15)19-17(21)12-18-11-16(20)13-6-3-2-4-7-13/h2-10,16,18,20H,11-12H2,1H3,(H,19,21)/t16-/m1/s1. The lowest BCUT2D eigenvalue weighted by Gasteiger charge is -2.12. The Morgan fingerprint density at radius 1 is 1.18 bits per heavy atom. The van der Waals surface area contributed by atoms with Crippen LogP contribution in [-0.4, -0.2) is 31.2 Å². The van der Waals surface area contributed by atoms with E-state index in [1.165, 1.54) is 0 Å². The highest BCUT2D eigenvalue weighted by molar-refractivity contribution is 5.92. The molecule has 0 aliphatic rings. The molecular weight excluding hydrogens is 280 g/mol. The first-order valence-electron chi connectivity index (χ1n) is 7.06. The molecule has 0 aliphatic carbocycles. The van der Waals surface area contributed by atoms with E-state index in [0.717, 1.165) is 5.56 Å². The largest absolute Gasteiger partial charge is 0.497 e. The van der Waals surface area contributed by atoms with Crippen molar-refractivity contribution in [2.75, 3.05) is 25.5 Å². The SMILES string of the molecule is COc1cccc(NC(=O)CNC[C@@H](O)c2ccccc2)c1. The maximum atomic E-state index is 11.8. The van der Waals surface area contributed by atoms with Crippen molar-refractivity contribution < 1.29 is 14.6 Å². The van der Waals surface area contributed by atoms with E-state index in [4.69, 9.17) is 4.74 Å². The van der Waals surface area contributed by atoms with Crippen LogP contribution in [0.15, 0.2) is 54.6 Å². The second-order valence-corrected chi connectivity index (χ2v) is 4.84. The first-order valence-corrected chi connectivity index (χ1v) is 7.06. The minimum atomic E-state index is -0.634. The molecule has 0 radical (unpaired) electrons. The van der Waals surface area contributed by atoms with Crippen molar-refractivity contribution in [3.05, 3.63) is 60.2 Å². The van der Waals surface area contributed by atoms with Gasteiger partial charge in [-0.1, -0.05) is 36.4 Å². The van der Waals surface area contributed by atoms with Gasteiger partial charge in [-0.2, -0.15) is 0 Å². The Morgan fingerprint density at radius 3 is 2.68 bits per heavy atom. The Bertz CT molecular complexity index is 602. The summed E-state index contributed by atoms with van der Waals surface area (Å²) in [4.78, 5) is 11.8. The Hall–Kier alpha value is -2.37. The highest BCUT2D eigenvalue weighted by Crippen LogP contribution is 2.16. The van der Waals surface area contributed by atoms with Crippen LogP contribution in [0.25, 0.3) is 0 Å². The van der Waals surface area contributed by atoms with Crippen LogP contribution in [0.4, 0.5) is 5.69 Å². The van der Waals surface area contributed by atoms with E-state index in [-0.39, 0.29) is 12.5 Å². The topological polar surface area (TPSA) is 70.6 Å². The van der Waals surface area contributed by atoms with Crippen LogP contribution < -0.4 is 15.4 Å². The summed E-state index contributed by atoms with van der Waals surface area (Å²) in [5.74, 6) is 0.513. The minimum Gasteiger partial charge on any atom is -0.497 e. The zero-order valence-electron chi connectivity index (χ0n) is 12.5. The highest BCUT2D eigenvalue weighted by Gasteiger charge is 2.08. The van der Waals surface area contributed by atoms with E-state index in [1.807, 2.05) is 36.4 Å². The van der Waals surface area contributed by atoms with E-state index >= 15 is 0 Å². The van der Waals surface area contributed by atoms with Crippen LogP contribution in [0.3, 0.4) is 0 Å². The molecule has 2 aromatic carbocycles. The Labute approximate surface area is 129 Å². The molecule has 5 heteroatoms. The van der Waals surface area contributed by atoms with E-state index in [9.17, 15) is 9.90 Å². The maximum Gasteiger partial charge on any atom is 0.238 e. The first kappa shape index (κ1) is 16.0. The second-order valence-electron chi connectivity index (χ2n) is 4.84. The lowest BCUT2D eigenvalue weighted by molar-refractivity contribution is -0.115. The number of carbonyl (C=O) groups excluding carboxylic acids is 1. The number of aliphatic hydroxyl groups excluding tert-OH is 1. The van der Waals surface area contributed by atoms with Gasteiger partial charge in [-0.05, 0) is 17.7 Å². The molecule has 0 spiro atoms. The molecule has 1 atom stereocenters.